The Labute approximate surface area is 102 Å². The molecule has 4 heteroatoms. The van der Waals surface area contributed by atoms with Gasteiger partial charge in [-0.15, -0.1) is 0 Å². The maximum absolute atomic E-state index is 13.2. The number of nitrogens with one attached hydrogen (secondary N) is 1. The van der Waals surface area contributed by atoms with Gasteiger partial charge in [0.25, 0.3) is 0 Å². The van der Waals surface area contributed by atoms with Crippen LogP contribution in [0.25, 0.3) is 0 Å². The van der Waals surface area contributed by atoms with E-state index in [-0.39, 0.29) is 11.9 Å². The van der Waals surface area contributed by atoms with Crippen LogP contribution in [0, 0.1) is 5.82 Å². The molecular weight excluding hydrogens is 221 g/mol. The van der Waals surface area contributed by atoms with E-state index in [4.69, 9.17) is 4.74 Å². The highest BCUT2D eigenvalue weighted by Gasteiger charge is 2.27. The van der Waals surface area contributed by atoms with E-state index in [1.807, 2.05) is 13.8 Å². The number of aliphatic hydroxyl groups is 1. The minimum Gasteiger partial charge on any atom is -0.496 e. The van der Waals surface area contributed by atoms with Gasteiger partial charge in [-0.2, -0.15) is 0 Å². The van der Waals surface area contributed by atoms with Crippen LogP contribution < -0.4 is 10.1 Å². The Morgan fingerprint density at radius 3 is 2.65 bits per heavy atom. The summed E-state index contributed by atoms with van der Waals surface area (Å²) in [5.74, 6) is 0.104. The Bertz CT molecular complexity index is 378. The van der Waals surface area contributed by atoms with Crippen LogP contribution in [0.15, 0.2) is 18.2 Å². The maximum atomic E-state index is 13.2. The summed E-state index contributed by atoms with van der Waals surface area (Å²) in [5, 5.41) is 13.5. The van der Waals surface area contributed by atoms with Crippen LogP contribution in [0.3, 0.4) is 0 Å². The van der Waals surface area contributed by atoms with Gasteiger partial charge < -0.3 is 15.2 Å². The molecule has 17 heavy (non-hydrogen) atoms. The molecule has 0 aliphatic heterocycles. The molecule has 1 atom stereocenters. The first-order chi connectivity index (χ1) is 7.86. The summed E-state index contributed by atoms with van der Waals surface area (Å²) in [4.78, 5) is 0. The Balaban J connectivity index is 2.99. The Morgan fingerprint density at radius 1 is 1.47 bits per heavy atom. The van der Waals surface area contributed by atoms with Gasteiger partial charge in [0.1, 0.15) is 17.2 Å². The highest BCUT2D eigenvalue weighted by Crippen LogP contribution is 2.30. The summed E-state index contributed by atoms with van der Waals surface area (Å²) in [6.45, 7) is 5.95. The highest BCUT2D eigenvalue weighted by molar-refractivity contribution is 5.38. The van der Waals surface area contributed by atoms with Crippen LogP contribution in [0.4, 0.5) is 4.39 Å². The second-order valence-corrected chi connectivity index (χ2v) is 4.65. The molecule has 0 radical (unpaired) electrons. The van der Waals surface area contributed by atoms with Crippen molar-refractivity contribution in [3.05, 3.63) is 29.6 Å². The van der Waals surface area contributed by atoms with Crippen LogP contribution in [0.5, 0.6) is 5.75 Å². The molecule has 1 aromatic rings. The second-order valence-electron chi connectivity index (χ2n) is 4.65. The molecule has 0 bridgehead atoms. The number of hydrogen-bond donors (Lipinski definition) is 2. The average Bonchev–Trinajstić information content (AvgIpc) is 2.26. The highest BCUT2D eigenvalue weighted by atomic mass is 19.1. The van der Waals surface area contributed by atoms with E-state index in [0.717, 1.165) is 0 Å². The quantitative estimate of drug-likeness (QED) is 0.829. The Kier molecular flexibility index (Phi) is 4.48. The molecule has 0 spiro atoms. The first-order valence-electron chi connectivity index (χ1n) is 5.66. The lowest BCUT2D eigenvalue weighted by Crippen LogP contribution is -2.38. The number of halogens is 1. The zero-order valence-corrected chi connectivity index (χ0v) is 10.7. The molecule has 0 aromatic heterocycles. The molecule has 0 saturated heterocycles. The maximum Gasteiger partial charge on any atom is 0.125 e. The van der Waals surface area contributed by atoms with Gasteiger partial charge in [0, 0.05) is 18.2 Å². The van der Waals surface area contributed by atoms with E-state index in [2.05, 4.69) is 5.32 Å². The molecule has 1 rings (SSSR count). The predicted octanol–water partition coefficient (Wildman–Crippen LogP) is 2.04. The summed E-state index contributed by atoms with van der Waals surface area (Å²) < 4.78 is 18.4. The van der Waals surface area contributed by atoms with Crippen molar-refractivity contribution in [2.75, 3.05) is 13.7 Å². The fourth-order valence-corrected chi connectivity index (χ4v) is 1.60. The summed E-state index contributed by atoms with van der Waals surface area (Å²) in [6, 6.07) is 4.39. The summed E-state index contributed by atoms with van der Waals surface area (Å²) in [7, 11) is 1.50. The lowest BCUT2D eigenvalue weighted by molar-refractivity contribution is 0.0520. The van der Waals surface area contributed by atoms with Gasteiger partial charge in [-0.3, -0.25) is 0 Å². The van der Waals surface area contributed by atoms with Crippen molar-refractivity contribution in [3.8, 4) is 5.75 Å². The molecule has 0 fully saturated rings. The number of hydrogen-bond acceptors (Lipinski definition) is 3. The van der Waals surface area contributed by atoms with Crippen LogP contribution in [-0.2, 0) is 5.60 Å². The van der Waals surface area contributed by atoms with Gasteiger partial charge in [0.2, 0.25) is 0 Å². The van der Waals surface area contributed by atoms with E-state index in [9.17, 15) is 9.50 Å². The third-order valence-corrected chi connectivity index (χ3v) is 2.60. The SMILES string of the molecule is COc1ccc(F)cc1C(C)(O)CNC(C)C. The smallest absolute Gasteiger partial charge is 0.125 e. The van der Waals surface area contributed by atoms with Gasteiger partial charge in [0.15, 0.2) is 0 Å². The monoisotopic (exact) mass is 241 g/mol. The van der Waals surface area contributed by atoms with Gasteiger partial charge >= 0.3 is 0 Å². The van der Waals surface area contributed by atoms with E-state index >= 15 is 0 Å². The Hall–Kier alpha value is -1.13. The lowest BCUT2D eigenvalue weighted by atomic mass is 9.94. The van der Waals surface area contributed by atoms with Crippen LogP contribution in [0.1, 0.15) is 26.3 Å². The van der Waals surface area contributed by atoms with Gasteiger partial charge in [-0.25, -0.2) is 4.39 Å². The molecule has 0 amide bonds. The standard InChI is InChI=1S/C13H20FNO2/c1-9(2)15-8-13(3,16)11-7-10(14)5-6-12(11)17-4/h5-7,9,15-16H,8H2,1-4H3. The third kappa shape index (κ3) is 3.68. The molecule has 3 nitrogen and oxygen atoms in total. The molecule has 0 aliphatic rings. The van der Waals surface area contributed by atoms with Gasteiger partial charge in [0.05, 0.1) is 7.11 Å². The largest absolute Gasteiger partial charge is 0.496 e. The van der Waals surface area contributed by atoms with Crippen molar-refractivity contribution in [1.29, 1.82) is 0 Å². The number of rotatable bonds is 5. The molecule has 1 unspecified atom stereocenters. The number of methoxy groups -OCH3 is 1. The second kappa shape index (κ2) is 5.47. The van der Waals surface area contributed by atoms with E-state index < -0.39 is 5.60 Å². The number of ether oxygens (including phenoxy) is 1. The molecular formula is C13H20FNO2. The lowest BCUT2D eigenvalue weighted by Gasteiger charge is -2.27. The van der Waals surface area contributed by atoms with Gasteiger partial charge in [-0.05, 0) is 25.1 Å². The van der Waals surface area contributed by atoms with Crippen molar-refractivity contribution in [3.63, 3.8) is 0 Å². The minimum absolute atomic E-state index is 0.251. The Morgan fingerprint density at radius 2 is 2.12 bits per heavy atom. The van der Waals surface area contributed by atoms with Crippen LogP contribution in [0.2, 0.25) is 0 Å². The zero-order valence-electron chi connectivity index (χ0n) is 10.7. The van der Waals surface area contributed by atoms with Crippen molar-refractivity contribution in [2.24, 2.45) is 0 Å². The molecule has 0 heterocycles. The van der Waals surface area contributed by atoms with Crippen molar-refractivity contribution in [1.82, 2.24) is 5.32 Å². The minimum atomic E-state index is -1.17. The molecule has 96 valence electrons. The normalized spacial score (nSPS) is 14.8. The zero-order chi connectivity index (χ0) is 13.1. The van der Waals surface area contributed by atoms with E-state index in [1.54, 1.807) is 6.92 Å². The van der Waals surface area contributed by atoms with E-state index in [0.29, 0.717) is 17.9 Å². The third-order valence-electron chi connectivity index (χ3n) is 2.60. The first-order valence-corrected chi connectivity index (χ1v) is 5.66. The van der Waals surface area contributed by atoms with Crippen LogP contribution >= 0.6 is 0 Å². The van der Waals surface area contributed by atoms with E-state index in [1.165, 1.54) is 25.3 Å². The average molecular weight is 241 g/mol. The van der Waals surface area contributed by atoms with Crippen molar-refractivity contribution in [2.45, 2.75) is 32.4 Å². The molecule has 0 saturated carbocycles. The van der Waals surface area contributed by atoms with Crippen LogP contribution in [-0.4, -0.2) is 24.8 Å². The fourth-order valence-electron chi connectivity index (χ4n) is 1.60. The number of benzene rings is 1. The molecule has 1 aromatic carbocycles. The van der Waals surface area contributed by atoms with Crippen molar-refractivity contribution >= 4 is 0 Å². The van der Waals surface area contributed by atoms with Crippen molar-refractivity contribution < 1.29 is 14.2 Å². The molecule has 0 aliphatic carbocycles. The summed E-state index contributed by atoms with van der Waals surface area (Å²) >= 11 is 0. The topological polar surface area (TPSA) is 41.5 Å². The fraction of sp³-hybridized carbons (Fsp3) is 0.538. The first kappa shape index (κ1) is 13.9. The molecule has 2 N–H and O–H groups in total. The summed E-state index contributed by atoms with van der Waals surface area (Å²) in [6.07, 6.45) is 0. The summed E-state index contributed by atoms with van der Waals surface area (Å²) in [5.41, 5.74) is -0.717. The van der Waals surface area contributed by atoms with Gasteiger partial charge in [-0.1, -0.05) is 13.8 Å². The predicted molar refractivity (Wildman–Crippen MR) is 65.7 cm³/mol.